The minimum atomic E-state index is -0.536. The lowest BCUT2D eigenvalue weighted by Gasteiger charge is -2.08. The Kier molecular flexibility index (Phi) is 5.31. The van der Waals surface area contributed by atoms with Gasteiger partial charge >= 0.3 is 0 Å². The molecule has 0 unspecified atom stereocenters. The molecule has 5 heteroatoms. The van der Waals surface area contributed by atoms with Gasteiger partial charge in [0.15, 0.2) is 0 Å². The first kappa shape index (κ1) is 15.2. The van der Waals surface area contributed by atoms with E-state index in [0.29, 0.717) is 11.0 Å². The predicted molar refractivity (Wildman–Crippen MR) is 84.3 cm³/mol. The van der Waals surface area contributed by atoms with Crippen molar-refractivity contribution < 1.29 is 9.18 Å². The summed E-state index contributed by atoms with van der Waals surface area (Å²) in [6.45, 7) is 0.362. The molecule has 0 fully saturated rings. The van der Waals surface area contributed by atoms with Crippen LogP contribution < -0.4 is 5.32 Å². The number of rotatable bonds is 4. The van der Waals surface area contributed by atoms with Gasteiger partial charge in [-0.2, -0.15) is 0 Å². The number of hydrogen-bond acceptors (Lipinski definition) is 1. The van der Waals surface area contributed by atoms with Crippen LogP contribution in [0.5, 0.6) is 0 Å². The highest BCUT2D eigenvalue weighted by Gasteiger charge is 2.14. The summed E-state index contributed by atoms with van der Waals surface area (Å²) in [7, 11) is 0. The number of carbonyl (C=O) groups excluding carboxylic acids is 1. The molecule has 0 heterocycles. The summed E-state index contributed by atoms with van der Waals surface area (Å²) in [5.74, 6) is -0.967. The van der Waals surface area contributed by atoms with Crippen molar-refractivity contribution in [2.24, 2.45) is 0 Å². The Balaban J connectivity index is 2.09. The van der Waals surface area contributed by atoms with E-state index in [0.717, 1.165) is 16.5 Å². The second-order valence-corrected chi connectivity index (χ2v) is 5.65. The van der Waals surface area contributed by atoms with Gasteiger partial charge in [-0.25, -0.2) is 4.39 Å². The molecular weight excluding hydrogens is 389 g/mol. The van der Waals surface area contributed by atoms with Crippen molar-refractivity contribution in [3.05, 3.63) is 69.4 Å². The minimum absolute atomic E-state index is 0.0316. The first-order chi connectivity index (χ1) is 9.61. The molecule has 0 bridgehead atoms. The van der Waals surface area contributed by atoms with Crippen molar-refractivity contribution >= 4 is 37.8 Å². The molecule has 104 valence electrons. The van der Waals surface area contributed by atoms with Crippen LogP contribution in [-0.4, -0.2) is 5.91 Å². The van der Waals surface area contributed by atoms with Gasteiger partial charge in [-0.15, -0.1) is 0 Å². The molecule has 0 radical (unpaired) electrons. The van der Waals surface area contributed by atoms with Crippen molar-refractivity contribution in [2.75, 3.05) is 0 Å². The smallest absolute Gasteiger partial charge is 0.255 e. The number of halogens is 3. The van der Waals surface area contributed by atoms with E-state index in [1.54, 1.807) is 12.1 Å². The van der Waals surface area contributed by atoms with E-state index in [2.05, 4.69) is 37.2 Å². The van der Waals surface area contributed by atoms with Crippen LogP contribution >= 0.6 is 31.9 Å². The monoisotopic (exact) mass is 399 g/mol. The summed E-state index contributed by atoms with van der Waals surface area (Å²) in [4.78, 5) is 12.0. The molecule has 0 saturated heterocycles. The molecule has 1 N–H and O–H groups in total. The topological polar surface area (TPSA) is 29.1 Å². The number of hydrogen-bond donors (Lipinski definition) is 1. The molecule has 0 aliphatic carbocycles. The van der Waals surface area contributed by atoms with E-state index in [1.807, 2.05) is 24.3 Å². The van der Waals surface area contributed by atoms with Crippen LogP contribution in [0.15, 0.2) is 46.9 Å². The Morgan fingerprint density at radius 1 is 1.15 bits per heavy atom. The zero-order valence-corrected chi connectivity index (χ0v) is 13.7. The van der Waals surface area contributed by atoms with E-state index in [9.17, 15) is 9.18 Å². The van der Waals surface area contributed by atoms with Crippen LogP contribution in [0, 0.1) is 5.82 Å². The van der Waals surface area contributed by atoms with Crippen molar-refractivity contribution in [2.45, 2.75) is 11.9 Å². The first-order valence-electron chi connectivity index (χ1n) is 5.98. The highest BCUT2D eigenvalue weighted by atomic mass is 79.9. The van der Waals surface area contributed by atoms with Gasteiger partial charge in [-0.3, -0.25) is 4.79 Å². The normalized spacial score (nSPS) is 10.3. The molecule has 0 saturated carbocycles. The molecule has 0 aromatic heterocycles. The quantitative estimate of drug-likeness (QED) is 0.756. The van der Waals surface area contributed by atoms with E-state index in [4.69, 9.17) is 0 Å². The highest BCUT2D eigenvalue weighted by molar-refractivity contribution is 9.10. The Labute approximate surface area is 133 Å². The molecule has 2 nitrogen and oxygen atoms in total. The standard InChI is InChI=1S/C15H12Br2FNO/c16-8-10-3-1-4-11(7-10)9-19-15(20)14-12(17)5-2-6-13(14)18/h1-7H,8-9H2,(H,19,20). The van der Waals surface area contributed by atoms with Gasteiger partial charge in [0.2, 0.25) is 0 Å². The van der Waals surface area contributed by atoms with Crippen molar-refractivity contribution in [3.8, 4) is 0 Å². The molecule has 20 heavy (non-hydrogen) atoms. The van der Waals surface area contributed by atoms with Gasteiger partial charge in [-0.1, -0.05) is 46.3 Å². The zero-order chi connectivity index (χ0) is 14.5. The fourth-order valence-corrected chi connectivity index (χ4v) is 2.68. The summed E-state index contributed by atoms with van der Waals surface area (Å²) in [6.07, 6.45) is 0. The number of benzene rings is 2. The Bertz CT molecular complexity index is 611. The van der Waals surface area contributed by atoms with E-state index in [1.165, 1.54) is 6.07 Å². The van der Waals surface area contributed by atoms with Gasteiger partial charge in [0.25, 0.3) is 5.91 Å². The summed E-state index contributed by atoms with van der Waals surface area (Å²) in [5, 5.41) is 3.48. The third kappa shape index (κ3) is 3.67. The van der Waals surface area contributed by atoms with Crippen LogP contribution in [0.3, 0.4) is 0 Å². The highest BCUT2D eigenvalue weighted by Crippen LogP contribution is 2.19. The molecule has 0 aliphatic heterocycles. The molecule has 2 aromatic rings. The minimum Gasteiger partial charge on any atom is -0.348 e. The molecule has 0 aliphatic rings. The summed E-state index contributed by atoms with van der Waals surface area (Å²) >= 11 is 6.57. The fourth-order valence-electron chi connectivity index (χ4n) is 1.81. The van der Waals surface area contributed by atoms with Crippen LogP contribution in [0.2, 0.25) is 0 Å². The Morgan fingerprint density at radius 2 is 1.85 bits per heavy atom. The van der Waals surface area contributed by atoms with E-state index >= 15 is 0 Å². The predicted octanol–water partition coefficient (Wildman–Crippen LogP) is 4.41. The number of nitrogens with one attached hydrogen (secondary N) is 1. The first-order valence-corrected chi connectivity index (χ1v) is 7.89. The van der Waals surface area contributed by atoms with E-state index in [-0.39, 0.29) is 5.56 Å². The summed E-state index contributed by atoms with van der Waals surface area (Å²) < 4.78 is 14.1. The van der Waals surface area contributed by atoms with Gasteiger partial charge < -0.3 is 5.32 Å². The second-order valence-electron chi connectivity index (χ2n) is 4.23. The second kappa shape index (κ2) is 6.99. The summed E-state index contributed by atoms with van der Waals surface area (Å²) in [5.41, 5.74) is 2.13. The molecule has 2 rings (SSSR count). The van der Waals surface area contributed by atoms with Crippen molar-refractivity contribution in [1.82, 2.24) is 5.32 Å². The largest absolute Gasteiger partial charge is 0.348 e. The van der Waals surface area contributed by atoms with Gasteiger partial charge in [0.1, 0.15) is 5.82 Å². The zero-order valence-electron chi connectivity index (χ0n) is 10.5. The number of amides is 1. The van der Waals surface area contributed by atoms with Crippen LogP contribution in [0.25, 0.3) is 0 Å². The Hall–Kier alpha value is -1.20. The van der Waals surface area contributed by atoms with E-state index < -0.39 is 11.7 Å². The van der Waals surface area contributed by atoms with Crippen molar-refractivity contribution in [3.63, 3.8) is 0 Å². The van der Waals surface area contributed by atoms with Crippen LogP contribution in [0.1, 0.15) is 21.5 Å². The molecule has 0 atom stereocenters. The summed E-state index contributed by atoms with van der Waals surface area (Å²) in [6, 6.07) is 12.3. The maximum atomic E-state index is 13.6. The third-order valence-corrected chi connectivity index (χ3v) is 4.10. The lowest BCUT2D eigenvalue weighted by Crippen LogP contribution is -2.24. The average Bonchev–Trinajstić information content (AvgIpc) is 2.45. The van der Waals surface area contributed by atoms with Gasteiger partial charge in [0, 0.05) is 16.3 Å². The maximum Gasteiger partial charge on any atom is 0.255 e. The number of alkyl halides is 1. The van der Waals surface area contributed by atoms with Gasteiger partial charge in [0.05, 0.1) is 5.56 Å². The molecular formula is C15H12Br2FNO. The molecule has 0 spiro atoms. The van der Waals surface area contributed by atoms with Crippen LogP contribution in [0.4, 0.5) is 4.39 Å². The third-order valence-electron chi connectivity index (χ3n) is 2.79. The SMILES string of the molecule is O=C(NCc1cccc(CBr)c1)c1c(F)cccc1Br. The Morgan fingerprint density at radius 3 is 2.55 bits per heavy atom. The average molecular weight is 401 g/mol. The van der Waals surface area contributed by atoms with Gasteiger partial charge in [-0.05, 0) is 39.2 Å². The van der Waals surface area contributed by atoms with Crippen LogP contribution in [-0.2, 0) is 11.9 Å². The van der Waals surface area contributed by atoms with Crippen molar-refractivity contribution in [1.29, 1.82) is 0 Å². The lowest BCUT2D eigenvalue weighted by atomic mass is 10.1. The molecule has 2 aromatic carbocycles. The lowest BCUT2D eigenvalue weighted by molar-refractivity contribution is 0.0946. The maximum absolute atomic E-state index is 13.6. The number of carbonyl (C=O) groups is 1. The fraction of sp³-hybridized carbons (Fsp3) is 0.133. The molecule has 1 amide bonds.